The van der Waals surface area contributed by atoms with E-state index in [0.29, 0.717) is 24.2 Å². The molecular formula is C21H25N5O4S. The zero-order valence-corrected chi connectivity index (χ0v) is 18.3. The number of fused-ring (bicyclic) bond motifs is 1. The summed E-state index contributed by atoms with van der Waals surface area (Å²) in [6.07, 6.45) is 2.39. The number of primary amides is 1. The molecule has 0 aliphatic carbocycles. The molecule has 0 aliphatic rings. The fraction of sp³-hybridized carbons (Fsp3) is 0.333. The maximum absolute atomic E-state index is 12.3. The van der Waals surface area contributed by atoms with Crippen molar-refractivity contribution in [2.45, 2.75) is 38.0 Å². The molecule has 2 heterocycles. The molecule has 164 valence electrons. The van der Waals surface area contributed by atoms with E-state index >= 15 is 0 Å². The van der Waals surface area contributed by atoms with Gasteiger partial charge in [0.15, 0.2) is 15.5 Å². The minimum absolute atomic E-state index is 0.0302. The van der Waals surface area contributed by atoms with Gasteiger partial charge in [-0.15, -0.1) is 0 Å². The SMILES string of the molecule is Cc1nc2c(C(N)=O)cnn2c(C)c1CCC(=O)NCCCS(=O)(=O)c1ccccc1. The number of carbonyl (C=O) groups excluding carboxylic acids is 2. The van der Waals surface area contributed by atoms with Gasteiger partial charge in [0.1, 0.15) is 5.56 Å². The second-order valence-corrected chi connectivity index (χ2v) is 9.36. The van der Waals surface area contributed by atoms with Crippen molar-refractivity contribution in [2.24, 2.45) is 5.73 Å². The van der Waals surface area contributed by atoms with Gasteiger partial charge in [-0.25, -0.2) is 17.9 Å². The summed E-state index contributed by atoms with van der Waals surface area (Å²) < 4.78 is 26.1. The minimum atomic E-state index is -3.35. The third-order valence-electron chi connectivity index (χ3n) is 5.09. The van der Waals surface area contributed by atoms with Crippen molar-refractivity contribution in [3.63, 3.8) is 0 Å². The van der Waals surface area contributed by atoms with Crippen LogP contribution in [0.4, 0.5) is 0 Å². The topological polar surface area (TPSA) is 137 Å². The fourth-order valence-corrected chi connectivity index (χ4v) is 4.74. The van der Waals surface area contributed by atoms with E-state index in [0.717, 1.165) is 11.3 Å². The van der Waals surface area contributed by atoms with E-state index in [-0.39, 0.29) is 35.1 Å². The number of benzene rings is 1. The van der Waals surface area contributed by atoms with Crippen LogP contribution >= 0.6 is 0 Å². The van der Waals surface area contributed by atoms with Crippen LogP contribution in [0.3, 0.4) is 0 Å². The van der Waals surface area contributed by atoms with Crippen LogP contribution in [0.5, 0.6) is 0 Å². The number of nitrogens with one attached hydrogen (secondary N) is 1. The molecule has 0 bridgehead atoms. The maximum atomic E-state index is 12.3. The largest absolute Gasteiger partial charge is 0.365 e. The van der Waals surface area contributed by atoms with Crippen LogP contribution in [-0.2, 0) is 21.1 Å². The highest BCUT2D eigenvalue weighted by molar-refractivity contribution is 7.91. The Bertz CT molecular complexity index is 1220. The lowest BCUT2D eigenvalue weighted by Crippen LogP contribution is -2.26. The van der Waals surface area contributed by atoms with Crippen molar-refractivity contribution in [1.29, 1.82) is 0 Å². The summed E-state index contributed by atoms with van der Waals surface area (Å²) in [6.45, 7) is 3.94. The maximum Gasteiger partial charge on any atom is 0.254 e. The number of hydrogen-bond acceptors (Lipinski definition) is 6. The van der Waals surface area contributed by atoms with Gasteiger partial charge in [-0.3, -0.25) is 9.59 Å². The summed E-state index contributed by atoms with van der Waals surface area (Å²) in [7, 11) is -3.35. The van der Waals surface area contributed by atoms with Crippen LogP contribution in [0.1, 0.15) is 40.2 Å². The molecule has 0 radical (unpaired) electrons. The minimum Gasteiger partial charge on any atom is -0.365 e. The first-order valence-corrected chi connectivity index (χ1v) is 11.5. The lowest BCUT2D eigenvalue weighted by Gasteiger charge is -2.11. The lowest BCUT2D eigenvalue weighted by molar-refractivity contribution is -0.121. The van der Waals surface area contributed by atoms with E-state index in [2.05, 4.69) is 15.4 Å². The molecule has 2 aromatic heterocycles. The second kappa shape index (κ2) is 9.25. The number of aromatic nitrogens is 3. The van der Waals surface area contributed by atoms with Crippen LogP contribution in [0.2, 0.25) is 0 Å². The van der Waals surface area contributed by atoms with Crippen LogP contribution in [0.25, 0.3) is 5.65 Å². The van der Waals surface area contributed by atoms with E-state index in [9.17, 15) is 18.0 Å². The molecule has 10 heteroatoms. The monoisotopic (exact) mass is 443 g/mol. The molecule has 0 unspecified atom stereocenters. The molecular weight excluding hydrogens is 418 g/mol. The number of hydrogen-bond donors (Lipinski definition) is 2. The lowest BCUT2D eigenvalue weighted by atomic mass is 10.1. The highest BCUT2D eigenvalue weighted by Crippen LogP contribution is 2.18. The summed E-state index contributed by atoms with van der Waals surface area (Å²) in [5.41, 5.74) is 8.37. The fourth-order valence-electron chi connectivity index (χ4n) is 3.41. The normalized spacial score (nSPS) is 11.5. The van der Waals surface area contributed by atoms with Crippen LogP contribution in [0, 0.1) is 13.8 Å². The Morgan fingerprint density at radius 1 is 1.16 bits per heavy atom. The van der Waals surface area contributed by atoms with Crippen molar-refractivity contribution in [3.8, 4) is 0 Å². The molecule has 2 amide bonds. The van der Waals surface area contributed by atoms with Crippen molar-refractivity contribution < 1.29 is 18.0 Å². The van der Waals surface area contributed by atoms with Gasteiger partial charge >= 0.3 is 0 Å². The Balaban J connectivity index is 1.54. The molecule has 3 aromatic rings. The van der Waals surface area contributed by atoms with Gasteiger partial charge in [0, 0.05) is 24.4 Å². The zero-order chi connectivity index (χ0) is 22.6. The van der Waals surface area contributed by atoms with E-state index in [1.165, 1.54) is 6.20 Å². The van der Waals surface area contributed by atoms with Crippen LogP contribution in [0.15, 0.2) is 41.4 Å². The summed E-state index contributed by atoms with van der Waals surface area (Å²) >= 11 is 0. The van der Waals surface area contributed by atoms with E-state index in [1.54, 1.807) is 34.8 Å². The van der Waals surface area contributed by atoms with Gasteiger partial charge in [0.25, 0.3) is 5.91 Å². The molecule has 31 heavy (non-hydrogen) atoms. The van der Waals surface area contributed by atoms with Crippen LogP contribution in [-0.4, -0.2) is 47.1 Å². The van der Waals surface area contributed by atoms with E-state index in [1.807, 2.05) is 13.8 Å². The highest BCUT2D eigenvalue weighted by Gasteiger charge is 2.17. The highest BCUT2D eigenvalue weighted by atomic mass is 32.2. The summed E-state index contributed by atoms with van der Waals surface area (Å²) in [5, 5.41) is 6.94. The molecule has 1 aromatic carbocycles. The molecule has 0 atom stereocenters. The quantitative estimate of drug-likeness (QED) is 0.479. The third-order valence-corrected chi connectivity index (χ3v) is 6.91. The van der Waals surface area contributed by atoms with Crippen molar-refractivity contribution >= 4 is 27.3 Å². The smallest absolute Gasteiger partial charge is 0.254 e. The van der Waals surface area contributed by atoms with Crippen molar-refractivity contribution in [3.05, 3.63) is 59.0 Å². The molecule has 0 fully saturated rings. The van der Waals surface area contributed by atoms with Crippen molar-refractivity contribution in [1.82, 2.24) is 19.9 Å². The first-order chi connectivity index (χ1) is 14.7. The summed E-state index contributed by atoms with van der Waals surface area (Å²) in [4.78, 5) is 28.4. The van der Waals surface area contributed by atoms with Gasteiger partial charge in [-0.2, -0.15) is 5.10 Å². The van der Waals surface area contributed by atoms with Gasteiger partial charge in [0.05, 0.1) is 16.8 Å². The van der Waals surface area contributed by atoms with E-state index < -0.39 is 15.7 Å². The number of rotatable bonds is 9. The van der Waals surface area contributed by atoms with E-state index in [4.69, 9.17) is 5.73 Å². The van der Waals surface area contributed by atoms with Gasteiger partial charge < -0.3 is 11.1 Å². The number of aryl methyl sites for hydroxylation is 2. The Hall–Kier alpha value is -3.27. The average Bonchev–Trinajstić information content (AvgIpc) is 3.16. The molecule has 9 nitrogen and oxygen atoms in total. The number of carbonyl (C=O) groups is 2. The predicted molar refractivity (Wildman–Crippen MR) is 115 cm³/mol. The van der Waals surface area contributed by atoms with Crippen molar-refractivity contribution in [2.75, 3.05) is 12.3 Å². The Labute approximate surface area is 180 Å². The number of nitrogens with zero attached hydrogens (tertiary/aromatic N) is 3. The molecule has 3 N–H and O–H groups in total. The number of sulfone groups is 1. The van der Waals surface area contributed by atoms with Gasteiger partial charge in [0.2, 0.25) is 5.91 Å². The Morgan fingerprint density at radius 3 is 2.55 bits per heavy atom. The average molecular weight is 444 g/mol. The summed E-state index contributed by atoms with van der Waals surface area (Å²) in [5.74, 6) is -0.797. The first-order valence-electron chi connectivity index (χ1n) is 9.89. The molecule has 0 aliphatic heterocycles. The molecule has 0 saturated heterocycles. The molecule has 3 rings (SSSR count). The van der Waals surface area contributed by atoms with Gasteiger partial charge in [-0.05, 0) is 44.4 Å². The second-order valence-electron chi connectivity index (χ2n) is 7.25. The van der Waals surface area contributed by atoms with Gasteiger partial charge in [-0.1, -0.05) is 18.2 Å². The number of nitrogens with two attached hydrogens (primary N) is 1. The third kappa shape index (κ3) is 5.08. The molecule has 0 saturated carbocycles. The first kappa shape index (κ1) is 22.4. The van der Waals surface area contributed by atoms with Crippen LogP contribution < -0.4 is 11.1 Å². The Kier molecular flexibility index (Phi) is 6.69. The zero-order valence-electron chi connectivity index (χ0n) is 17.5. The Morgan fingerprint density at radius 2 is 1.87 bits per heavy atom. The molecule has 0 spiro atoms. The number of amides is 2. The standard InChI is InChI=1S/C21H25N5O4S/c1-14-17(15(2)26-21(25-14)18(13-24-26)20(22)28)9-10-19(27)23-11-6-12-31(29,30)16-7-4-3-5-8-16/h3-5,7-8,13H,6,9-12H2,1-2H3,(H2,22,28)(H,23,27). The predicted octanol–water partition coefficient (Wildman–Crippen LogP) is 1.36. The summed E-state index contributed by atoms with van der Waals surface area (Å²) in [6, 6.07) is 8.26.